The third kappa shape index (κ3) is 6.41. The molecule has 0 amide bonds. The predicted molar refractivity (Wildman–Crippen MR) is 133 cm³/mol. The molecule has 0 radical (unpaired) electrons. The highest BCUT2D eigenvalue weighted by Crippen LogP contribution is 2.26. The summed E-state index contributed by atoms with van der Waals surface area (Å²) in [5.74, 6) is 1.74. The molecule has 2 aromatic heterocycles. The van der Waals surface area contributed by atoms with Gasteiger partial charge < -0.3 is 19.9 Å². The first-order valence-electron chi connectivity index (χ1n) is 10.5. The highest BCUT2D eigenvalue weighted by atomic mass is 127. The minimum atomic E-state index is 0. The minimum absolute atomic E-state index is 0. The lowest BCUT2D eigenvalue weighted by Gasteiger charge is -2.37. The first kappa shape index (κ1) is 25.1. The van der Waals surface area contributed by atoms with Crippen LogP contribution in [0.4, 0.5) is 0 Å². The average molecular weight is 548 g/mol. The van der Waals surface area contributed by atoms with Crippen LogP contribution in [-0.4, -0.2) is 55.4 Å². The molecule has 2 aromatic rings. The minimum Gasteiger partial charge on any atom is -0.376 e. The Labute approximate surface area is 200 Å². The van der Waals surface area contributed by atoms with E-state index in [0.717, 1.165) is 62.1 Å². The van der Waals surface area contributed by atoms with Crippen LogP contribution in [0, 0.1) is 0 Å². The molecule has 1 aliphatic heterocycles. The summed E-state index contributed by atoms with van der Waals surface area (Å²) in [4.78, 5) is 8.28. The van der Waals surface area contributed by atoms with Crippen molar-refractivity contribution in [3.63, 3.8) is 0 Å². The average Bonchev–Trinajstić information content (AvgIpc) is 3.40. The standard InChI is InChI=1S/C21H33N5O2S.HI/c1-5-17-16(19(6-2)28-25-17)12-23-21(22-4)24-13-18(20-8-7-11-29-20)26-9-10-27-15(3)14-26;/h7-8,11,15,18H,5-6,9-10,12-14H2,1-4H3,(H2,22,23,24);1H. The Kier molecular flexibility index (Phi) is 10.6. The third-order valence-corrected chi connectivity index (χ3v) is 6.28. The van der Waals surface area contributed by atoms with Gasteiger partial charge in [0.1, 0.15) is 5.76 Å². The summed E-state index contributed by atoms with van der Waals surface area (Å²) in [7, 11) is 1.81. The van der Waals surface area contributed by atoms with Crippen LogP contribution in [0.15, 0.2) is 27.0 Å². The molecule has 2 unspecified atom stereocenters. The summed E-state index contributed by atoms with van der Waals surface area (Å²) in [6, 6.07) is 4.63. The van der Waals surface area contributed by atoms with E-state index in [2.05, 4.69) is 64.0 Å². The van der Waals surface area contributed by atoms with E-state index in [1.807, 2.05) is 0 Å². The molecule has 1 aliphatic rings. The van der Waals surface area contributed by atoms with E-state index in [1.54, 1.807) is 18.4 Å². The number of rotatable bonds is 8. The maximum Gasteiger partial charge on any atom is 0.191 e. The van der Waals surface area contributed by atoms with Crippen LogP contribution in [0.5, 0.6) is 0 Å². The van der Waals surface area contributed by atoms with Crippen LogP contribution in [-0.2, 0) is 24.1 Å². The van der Waals surface area contributed by atoms with Gasteiger partial charge in [0.15, 0.2) is 5.96 Å². The topological polar surface area (TPSA) is 74.9 Å². The molecule has 3 heterocycles. The summed E-state index contributed by atoms with van der Waals surface area (Å²) < 4.78 is 11.2. The summed E-state index contributed by atoms with van der Waals surface area (Å²) in [6.45, 7) is 10.4. The molecule has 2 atom stereocenters. The monoisotopic (exact) mass is 547 g/mol. The lowest BCUT2D eigenvalue weighted by Crippen LogP contribution is -2.48. The number of guanidine groups is 1. The zero-order valence-electron chi connectivity index (χ0n) is 18.3. The SMILES string of the molecule is CCc1noc(CC)c1CNC(=NC)NCC(c1cccs1)N1CCOC(C)C1.I. The summed E-state index contributed by atoms with van der Waals surface area (Å²) >= 11 is 1.80. The number of thiophene rings is 1. The van der Waals surface area contributed by atoms with E-state index in [4.69, 9.17) is 9.26 Å². The van der Waals surface area contributed by atoms with Crippen molar-refractivity contribution in [2.45, 2.75) is 52.3 Å². The number of aromatic nitrogens is 1. The van der Waals surface area contributed by atoms with Gasteiger partial charge in [-0.2, -0.15) is 0 Å². The van der Waals surface area contributed by atoms with Crippen molar-refractivity contribution in [1.29, 1.82) is 0 Å². The fourth-order valence-corrected chi connectivity index (χ4v) is 4.60. The van der Waals surface area contributed by atoms with Crippen LogP contribution in [0.1, 0.15) is 48.7 Å². The number of hydrogen-bond acceptors (Lipinski definition) is 6. The van der Waals surface area contributed by atoms with E-state index >= 15 is 0 Å². The van der Waals surface area contributed by atoms with Gasteiger partial charge in [-0.15, -0.1) is 35.3 Å². The van der Waals surface area contributed by atoms with Gasteiger partial charge in [0.05, 0.1) is 24.4 Å². The molecular formula is C21H34IN5O2S. The second-order valence-electron chi connectivity index (χ2n) is 7.25. The lowest BCUT2D eigenvalue weighted by atomic mass is 10.1. The summed E-state index contributed by atoms with van der Waals surface area (Å²) in [5.41, 5.74) is 2.17. The van der Waals surface area contributed by atoms with Gasteiger partial charge in [0.25, 0.3) is 0 Å². The zero-order valence-corrected chi connectivity index (χ0v) is 21.5. The highest BCUT2D eigenvalue weighted by molar-refractivity contribution is 14.0. The molecule has 0 aromatic carbocycles. The van der Waals surface area contributed by atoms with E-state index in [9.17, 15) is 0 Å². The Balaban J connectivity index is 0.00000320. The largest absolute Gasteiger partial charge is 0.376 e. The number of hydrogen-bond donors (Lipinski definition) is 2. The highest BCUT2D eigenvalue weighted by Gasteiger charge is 2.26. The van der Waals surface area contributed by atoms with Crippen LogP contribution in [0.2, 0.25) is 0 Å². The summed E-state index contributed by atoms with van der Waals surface area (Å²) in [5, 5.41) is 13.3. The van der Waals surface area contributed by atoms with Gasteiger partial charge >= 0.3 is 0 Å². The van der Waals surface area contributed by atoms with Crippen molar-refractivity contribution in [3.05, 3.63) is 39.4 Å². The molecule has 7 nitrogen and oxygen atoms in total. The van der Waals surface area contributed by atoms with Crippen molar-refractivity contribution in [2.75, 3.05) is 33.3 Å². The lowest BCUT2D eigenvalue weighted by molar-refractivity contribution is -0.0334. The number of ether oxygens (including phenoxy) is 1. The van der Waals surface area contributed by atoms with Gasteiger partial charge in [0, 0.05) is 50.1 Å². The Bertz CT molecular complexity index is 759. The Morgan fingerprint density at radius 1 is 1.37 bits per heavy atom. The fraction of sp³-hybridized carbons (Fsp3) is 0.619. The number of nitrogens with zero attached hydrogens (tertiary/aromatic N) is 3. The second-order valence-corrected chi connectivity index (χ2v) is 8.23. The maximum absolute atomic E-state index is 5.74. The van der Waals surface area contributed by atoms with Gasteiger partial charge in [0.2, 0.25) is 0 Å². The molecule has 0 spiro atoms. The van der Waals surface area contributed by atoms with Gasteiger partial charge in [-0.3, -0.25) is 9.89 Å². The van der Waals surface area contributed by atoms with E-state index in [1.165, 1.54) is 4.88 Å². The Morgan fingerprint density at radius 2 is 2.20 bits per heavy atom. The molecule has 1 saturated heterocycles. The molecule has 1 fully saturated rings. The van der Waals surface area contributed by atoms with Crippen molar-refractivity contribution in [2.24, 2.45) is 4.99 Å². The number of aliphatic imine (C=N–C) groups is 1. The molecule has 168 valence electrons. The fourth-order valence-electron chi connectivity index (χ4n) is 3.74. The van der Waals surface area contributed by atoms with E-state index in [0.29, 0.717) is 12.6 Å². The smallest absolute Gasteiger partial charge is 0.191 e. The van der Waals surface area contributed by atoms with Gasteiger partial charge in [-0.25, -0.2) is 0 Å². The Morgan fingerprint density at radius 3 is 2.83 bits per heavy atom. The normalized spacial score (nSPS) is 18.7. The second kappa shape index (κ2) is 12.6. The van der Waals surface area contributed by atoms with Crippen LogP contribution < -0.4 is 10.6 Å². The quantitative estimate of drug-likeness (QED) is 0.299. The van der Waals surface area contributed by atoms with Crippen LogP contribution in [0.25, 0.3) is 0 Å². The Hall–Kier alpha value is -1.17. The molecule has 0 saturated carbocycles. The molecule has 3 rings (SSSR count). The molecule has 2 N–H and O–H groups in total. The van der Waals surface area contributed by atoms with Gasteiger partial charge in [-0.1, -0.05) is 25.1 Å². The molecular weight excluding hydrogens is 513 g/mol. The first-order chi connectivity index (χ1) is 14.2. The molecule has 0 aliphatic carbocycles. The molecule has 0 bridgehead atoms. The van der Waals surface area contributed by atoms with Gasteiger partial charge in [-0.05, 0) is 24.8 Å². The number of aryl methyl sites for hydroxylation is 2. The van der Waals surface area contributed by atoms with E-state index in [-0.39, 0.29) is 30.1 Å². The van der Waals surface area contributed by atoms with E-state index < -0.39 is 0 Å². The number of halogens is 1. The van der Waals surface area contributed by atoms with Crippen LogP contribution >= 0.6 is 35.3 Å². The molecule has 30 heavy (non-hydrogen) atoms. The van der Waals surface area contributed by atoms with Crippen molar-refractivity contribution < 1.29 is 9.26 Å². The van der Waals surface area contributed by atoms with Crippen molar-refractivity contribution >= 4 is 41.3 Å². The third-order valence-electron chi connectivity index (χ3n) is 5.31. The maximum atomic E-state index is 5.74. The first-order valence-corrected chi connectivity index (χ1v) is 11.3. The number of nitrogens with one attached hydrogen (secondary N) is 2. The zero-order chi connectivity index (χ0) is 20.6. The summed E-state index contributed by atoms with van der Waals surface area (Å²) in [6.07, 6.45) is 1.96. The van der Waals surface area contributed by atoms with Crippen LogP contribution in [0.3, 0.4) is 0 Å². The van der Waals surface area contributed by atoms with Crippen molar-refractivity contribution in [3.8, 4) is 0 Å². The van der Waals surface area contributed by atoms with Crippen molar-refractivity contribution in [1.82, 2.24) is 20.7 Å². The predicted octanol–water partition coefficient (Wildman–Crippen LogP) is 3.61. The number of morpholine rings is 1. The molecule has 9 heteroatoms.